The van der Waals surface area contributed by atoms with Gasteiger partial charge in [0.2, 0.25) is 0 Å². The molecule has 0 aliphatic carbocycles. The third-order valence-electron chi connectivity index (χ3n) is 5.60. The third kappa shape index (κ3) is 8.09. The number of anilines is 2. The molecule has 218 valence electrons. The number of nitrogens with zero attached hydrogens (tertiary/aromatic N) is 3. The number of methoxy groups -OCH3 is 1. The molecule has 1 unspecified atom stereocenters. The molecule has 1 atom stereocenters. The van der Waals surface area contributed by atoms with Crippen LogP contribution in [0.3, 0.4) is 0 Å². The number of imide groups is 1. The van der Waals surface area contributed by atoms with Crippen molar-refractivity contribution in [3.63, 3.8) is 0 Å². The topological polar surface area (TPSA) is 98.3 Å². The summed E-state index contributed by atoms with van der Waals surface area (Å²) >= 11 is 0. The number of pyridine rings is 1. The molecule has 1 aromatic rings. The number of hydrogen-bond acceptors (Lipinski definition) is 8. The van der Waals surface area contributed by atoms with Gasteiger partial charge in [0.1, 0.15) is 22.6 Å². The molecule has 1 aliphatic rings. The van der Waals surface area contributed by atoms with E-state index in [9.17, 15) is 27.6 Å². The molecule has 2 amide bonds. The second kappa shape index (κ2) is 11.1. The summed E-state index contributed by atoms with van der Waals surface area (Å²) in [6.07, 6.45) is -5.14. The van der Waals surface area contributed by atoms with E-state index in [-0.39, 0.29) is 22.9 Å². The van der Waals surface area contributed by atoms with E-state index in [1.165, 1.54) is 46.4 Å². The van der Waals surface area contributed by atoms with Gasteiger partial charge in [-0.25, -0.2) is 19.4 Å². The molecule has 9 nitrogen and oxygen atoms in total. The normalized spacial score (nSPS) is 17.4. The van der Waals surface area contributed by atoms with Crippen molar-refractivity contribution in [1.82, 2.24) is 4.98 Å². The first-order valence-electron chi connectivity index (χ1n) is 12.4. The van der Waals surface area contributed by atoms with Crippen LogP contribution in [-0.4, -0.2) is 54.0 Å². The molecular weight excluding hydrogens is 519 g/mol. The number of halogens is 3. The van der Waals surface area contributed by atoms with Crippen molar-refractivity contribution in [2.24, 2.45) is 5.41 Å². The van der Waals surface area contributed by atoms with Gasteiger partial charge in [-0.3, -0.25) is 0 Å². The Balaban J connectivity index is 2.91. The maximum atomic E-state index is 14.6. The lowest BCUT2D eigenvalue weighted by Crippen LogP contribution is -2.45. The summed E-state index contributed by atoms with van der Waals surface area (Å²) in [4.78, 5) is 45.1. The van der Waals surface area contributed by atoms with Crippen LogP contribution in [-0.2, 0) is 20.4 Å². The van der Waals surface area contributed by atoms with Crippen LogP contribution in [0.1, 0.15) is 84.3 Å². The van der Waals surface area contributed by atoms with Gasteiger partial charge in [0.25, 0.3) is 0 Å². The lowest BCUT2D eigenvalue weighted by atomic mass is 9.90. The number of carbonyl (C=O) groups excluding carboxylic acids is 3. The molecule has 1 aromatic heterocycles. The monoisotopic (exact) mass is 557 g/mol. The van der Waals surface area contributed by atoms with Gasteiger partial charge < -0.3 is 19.1 Å². The zero-order chi connectivity index (χ0) is 30.1. The molecule has 0 N–H and O–H groups in total. The smallest absolute Gasteiger partial charge is 0.424 e. The van der Waals surface area contributed by atoms with Crippen LogP contribution >= 0.6 is 0 Å². The number of amides is 2. The van der Waals surface area contributed by atoms with Crippen molar-refractivity contribution in [2.45, 2.75) is 91.7 Å². The number of ether oxygens (including phenoxy) is 3. The van der Waals surface area contributed by atoms with Gasteiger partial charge in [0.15, 0.2) is 5.69 Å². The summed E-state index contributed by atoms with van der Waals surface area (Å²) in [5.41, 5.74) is -5.33. The highest BCUT2D eigenvalue weighted by molar-refractivity contribution is 6.13. The lowest BCUT2D eigenvalue weighted by Gasteiger charge is -2.32. The summed E-state index contributed by atoms with van der Waals surface area (Å²) in [6.45, 7) is 16.8. The predicted molar refractivity (Wildman–Crippen MR) is 140 cm³/mol. The zero-order valence-electron chi connectivity index (χ0n) is 24.0. The molecule has 0 bridgehead atoms. The molecule has 2 heterocycles. The average Bonchev–Trinajstić information content (AvgIpc) is 3.04. The molecular formula is C27H38F3N3O6. The van der Waals surface area contributed by atoms with Crippen molar-refractivity contribution in [1.29, 1.82) is 0 Å². The number of carbonyl (C=O) groups is 3. The summed E-state index contributed by atoms with van der Waals surface area (Å²) < 4.78 is 59.1. The van der Waals surface area contributed by atoms with Gasteiger partial charge in [-0.2, -0.15) is 18.1 Å². The van der Waals surface area contributed by atoms with Crippen LogP contribution < -0.4 is 9.80 Å². The maximum Gasteiger partial charge on any atom is 0.424 e. The number of aromatic nitrogens is 1. The summed E-state index contributed by atoms with van der Waals surface area (Å²) in [6, 6.07) is 0.161. The summed E-state index contributed by atoms with van der Waals surface area (Å²) in [5, 5.41) is 0. The molecule has 0 saturated carbocycles. The minimum absolute atomic E-state index is 0.212. The van der Waals surface area contributed by atoms with Gasteiger partial charge in [0.05, 0.1) is 12.8 Å². The Hall–Kier alpha value is -3.31. The molecule has 0 aromatic carbocycles. The fourth-order valence-corrected chi connectivity index (χ4v) is 4.28. The second-order valence-electron chi connectivity index (χ2n) is 12.2. The van der Waals surface area contributed by atoms with E-state index in [2.05, 4.69) is 11.6 Å². The van der Waals surface area contributed by atoms with Gasteiger partial charge in [-0.15, -0.1) is 6.58 Å². The van der Waals surface area contributed by atoms with E-state index in [4.69, 9.17) is 14.2 Å². The molecule has 0 radical (unpaired) electrons. The van der Waals surface area contributed by atoms with E-state index in [0.29, 0.717) is 18.9 Å². The van der Waals surface area contributed by atoms with Gasteiger partial charge >= 0.3 is 24.3 Å². The fraction of sp³-hybridized carbons (Fsp3) is 0.630. The van der Waals surface area contributed by atoms with Crippen LogP contribution in [0, 0.1) is 5.41 Å². The maximum absolute atomic E-state index is 14.6. The van der Waals surface area contributed by atoms with Crippen LogP contribution in [0.15, 0.2) is 18.7 Å². The van der Waals surface area contributed by atoms with Crippen LogP contribution in [0.4, 0.5) is 34.3 Å². The molecule has 12 heteroatoms. The van der Waals surface area contributed by atoms with Crippen LogP contribution in [0.2, 0.25) is 0 Å². The standard InChI is InChI=1S/C27H38F3N3O6/c1-11-12-16-14-26(8,9)15-32(16)20-17(27(28,29)30)13-18(19(31-20)21(34)37-10)33(22(35)38-24(2,3)4)23(36)39-25(5,6)7/h11,13,16H,1,12,14-15H2,2-10H3. The Kier molecular flexibility index (Phi) is 9.04. The Morgan fingerprint density at radius 3 is 2.03 bits per heavy atom. The Morgan fingerprint density at radius 2 is 1.62 bits per heavy atom. The van der Waals surface area contributed by atoms with Gasteiger partial charge in [-0.1, -0.05) is 19.9 Å². The van der Waals surface area contributed by atoms with Crippen LogP contribution in [0.25, 0.3) is 0 Å². The minimum atomic E-state index is -4.97. The lowest BCUT2D eigenvalue weighted by molar-refractivity contribution is -0.137. The summed E-state index contributed by atoms with van der Waals surface area (Å²) in [7, 11) is 1.01. The molecule has 2 rings (SSSR count). The SMILES string of the molecule is C=CCC1CC(C)(C)CN1c1nc(C(=O)OC)c(N(C(=O)OC(C)(C)C)C(=O)OC(C)(C)C)cc1C(F)(F)F. The highest BCUT2D eigenvalue weighted by atomic mass is 19.4. The quantitative estimate of drug-likeness (QED) is 0.223. The number of esters is 1. The fourth-order valence-electron chi connectivity index (χ4n) is 4.28. The van der Waals surface area contributed by atoms with Crippen molar-refractivity contribution in [3.05, 3.63) is 30.0 Å². The Bertz CT molecular complexity index is 1090. The molecule has 39 heavy (non-hydrogen) atoms. The van der Waals surface area contributed by atoms with Crippen molar-refractivity contribution in [3.8, 4) is 0 Å². The van der Waals surface area contributed by atoms with E-state index >= 15 is 0 Å². The molecule has 1 saturated heterocycles. The van der Waals surface area contributed by atoms with Crippen LogP contribution in [0.5, 0.6) is 0 Å². The average molecular weight is 558 g/mol. The highest BCUT2D eigenvalue weighted by Crippen LogP contribution is 2.45. The first-order valence-corrected chi connectivity index (χ1v) is 12.4. The number of alkyl halides is 3. The molecule has 1 aliphatic heterocycles. The first-order chi connectivity index (χ1) is 17.6. The Morgan fingerprint density at radius 1 is 1.10 bits per heavy atom. The van der Waals surface area contributed by atoms with E-state index in [0.717, 1.165) is 7.11 Å². The van der Waals surface area contributed by atoms with E-state index in [1.807, 2.05) is 13.8 Å². The van der Waals surface area contributed by atoms with Crippen molar-refractivity contribution < 1.29 is 41.8 Å². The number of rotatable bonds is 5. The summed E-state index contributed by atoms with van der Waals surface area (Å²) in [5.74, 6) is -1.67. The predicted octanol–water partition coefficient (Wildman–Crippen LogP) is 6.74. The zero-order valence-corrected chi connectivity index (χ0v) is 24.0. The van der Waals surface area contributed by atoms with Crippen molar-refractivity contribution >= 4 is 29.7 Å². The van der Waals surface area contributed by atoms with E-state index in [1.54, 1.807) is 6.08 Å². The van der Waals surface area contributed by atoms with Gasteiger partial charge in [-0.05, 0) is 65.9 Å². The van der Waals surface area contributed by atoms with Gasteiger partial charge in [0, 0.05) is 12.6 Å². The second-order valence-corrected chi connectivity index (χ2v) is 12.2. The largest absolute Gasteiger partial charge is 0.464 e. The molecule has 1 fully saturated rings. The third-order valence-corrected chi connectivity index (χ3v) is 5.60. The van der Waals surface area contributed by atoms with E-state index < -0.39 is 58.3 Å². The Labute approximate surface area is 227 Å². The molecule has 0 spiro atoms. The highest BCUT2D eigenvalue weighted by Gasteiger charge is 2.46. The number of hydrogen-bond donors (Lipinski definition) is 0. The minimum Gasteiger partial charge on any atom is -0.464 e. The first kappa shape index (κ1) is 31.9. The van der Waals surface area contributed by atoms with Crippen molar-refractivity contribution in [2.75, 3.05) is 23.5 Å².